The van der Waals surface area contributed by atoms with Crippen molar-refractivity contribution >= 4 is 48.9 Å². The number of anilines is 1. The van der Waals surface area contributed by atoms with E-state index in [0.29, 0.717) is 0 Å². The van der Waals surface area contributed by atoms with Crippen molar-refractivity contribution in [1.29, 1.82) is 0 Å². The third-order valence-corrected chi connectivity index (χ3v) is 4.45. The van der Waals surface area contributed by atoms with E-state index in [1.165, 1.54) is 9.35 Å². The minimum absolute atomic E-state index is 0.840. The number of benzene rings is 1. The number of hydrogen-bond acceptors (Lipinski definition) is 2. The molecule has 0 aliphatic carbocycles. The van der Waals surface area contributed by atoms with Gasteiger partial charge in [-0.25, -0.2) is 0 Å². The van der Waals surface area contributed by atoms with Gasteiger partial charge < -0.3 is 5.32 Å². The maximum atomic E-state index is 3.54. The molecule has 0 fully saturated rings. The van der Waals surface area contributed by atoms with Crippen molar-refractivity contribution in [3.05, 3.63) is 49.5 Å². The minimum atomic E-state index is 0.840. The van der Waals surface area contributed by atoms with Crippen LogP contribution < -0.4 is 5.32 Å². The van der Waals surface area contributed by atoms with Crippen molar-refractivity contribution in [2.75, 3.05) is 5.32 Å². The van der Waals surface area contributed by atoms with E-state index in [9.17, 15) is 0 Å². The molecule has 15 heavy (non-hydrogen) atoms. The van der Waals surface area contributed by atoms with E-state index >= 15 is 0 Å². The van der Waals surface area contributed by atoms with Gasteiger partial charge in [-0.2, -0.15) is 0 Å². The maximum absolute atomic E-state index is 3.54. The van der Waals surface area contributed by atoms with Crippen LogP contribution in [0.25, 0.3) is 0 Å². The molecule has 0 unspecified atom stereocenters. The largest absolute Gasteiger partial charge is 0.381 e. The van der Waals surface area contributed by atoms with Crippen LogP contribution in [0.15, 0.2) is 44.0 Å². The molecule has 0 radical (unpaired) electrons. The maximum Gasteiger partial charge on any atom is 0.0760 e. The fourth-order valence-corrected chi connectivity index (χ4v) is 4.07. The highest BCUT2D eigenvalue weighted by molar-refractivity contribution is 9.12. The molecular weight excluding hydrogens is 338 g/mol. The lowest BCUT2D eigenvalue weighted by molar-refractivity contribution is 1.15. The summed E-state index contributed by atoms with van der Waals surface area (Å²) in [6.45, 7) is 0.840. The number of hydrogen-bond donors (Lipinski definition) is 1. The second-order valence-corrected chi connectivity index (χ2v) is 6.82. The summed E-state index contributed by atoms with van der Waals surface area (Å²) in [5.41, 5.74) is 2.42. The average molecular weight is 347 g/mol. The number of nitrogens with one attached hydrogen (secondary N) is 1. The standard InChI is InChI=1S/C11H9Br2NS/c12-10-6-8(11(13)15-10)7-14-9-4-2-1-3-5-9/h1-6,14H,7H2. The van der Waals surface area contributed by atoms with E-state index in [4.69, 9.17) is 0 Å². The molecule has 4 heteroatoms. The molecular formula is C11H9Br2NS. The first-order valence-electron chi connectivity index (χ1n) is 4.48. The normalized spacial score (nSPS) is 10.3. The number of para-hydroxylation sites is 1. The Morgan fingerprint density at radius 2 is 1.87 bits per heavy atom. The zero-order chi connectivity index (χ0) is 10.7. The minimum Gasteiger partial charge on any atom is -0.381 e. The molecule has 1 aromatic heterocycles. The van der Waals surface area contributed by atoms with Crippen molar-refractivity contribution in [1.82, 2.24) is 0 Å². The summed E-state index contributed by atoms with van der Waals surface area (Å²) in [5, 5.41) is 3.37. The van der Waals surface area contributed by atoms with Gasteiger partial charge in [-0.1, -0.05) is 18.2 Å². The van der Waals surface area contributed by atoms with Gasteiger partial charge in [0, 0.05) is 12.2 Å². The highest BCUT2D eigenvalue weighted by Gasteiger charge is 2.04. The Morgan fingerprint density at radius 3 is 2.47 bits per heavy atom. The predicted molar refractivity (Wildman–Crippen MR) is 73.5 cm³/mol. The number of halogens is 2. The van der Waals surface area contributed by atoms with Crippen LogP contribution in [0.1, 0.15) is 5.56 Å². The first-order valence-corrected chi connectivity index (χ1v) is 6.88. The first-order chi connectivity index (χ1) is 7.25. The topological polar surface area (TPSA) is 12.0 Å². The molecule has 78 valence electrons. The summed E-state index contributed by atoms with van der Waals surface area (Å²) < 4.78 is 2.33. The van der Waals surface area contributed by atoms with E-state index in [1.807, 2.05) is 18.2 Å². The van der Waals surface area contributed by atoms with Crippen molar-refractivity contribution in [2.45, 2.75) is 6.54 Å². The zero-order valence-corrected chi connectivity index (χ0v) is 11.8. The predicted octanol–water partition coefficient (Wildman–Crippen LogP) is 4.89. The van der Waals surface area contributed by atoms with Gasteiger partial charge in [0.2, 0.25) is 0 Å². The van der Waals surface area contributed by atoms with Gasteiger partial charge in [-0.05, 0) is 55.6 Å². The van der Waals surface area contributed by atoms with Gasteiger partial charge in [0.25, 0.3) is 0 Å². The molecule has 2 rings (SSSR count). The lowest BCUT2D eigenvalue weighted by Gasteiger charge is -2.04. The van der Waals surface area contributed by atoms with Crippen LogP contribution in [0.4, 0.5) is 5.69 Å². The van der Waals surface area contributed by atoms with Crippen LogP contribution in [0.3, 0.4) is 0 Å². The molecule has 0 saturated carbocycles. The van der Waals surface area contributed by atoms with E-state index in [1.54, 1.807) is 11.3 Å². The number of rotatable bonds is 3. The van der Waals surface area contributed by atoms with Crippen LogP contribution in [0, 0.1) is 0 Å². The molecule has 0 amide bonds. The Bertz CT molecular complexity index is 439. The molecule has 0 aliphatic heterocycles. The summed E-state index contributed by atoms with van der Waals surface area (Å²) in [6.07, 6.45) is 0. The summed E-state index contributed by atoms with van der Waals surface area (Å²) in [7, 11) is 0. The fourth-order valence-electron chi connectivity index (χ4n) is 1.25. The summed E-state index contributed by atoms with van der Waals surface area (Å²) in [4.78, 5) is 0. The molecule has 1 aromatic carbocycles. The third-order valence-electron chi connectivity index (χ3n) is 1.98. The number of thiophene rings is 1. The monoisotopic (exact) mass is 345 g/mol. The Balaban J connectivity index is 2.02. The van der Waals surface area contributed by atoms with Gasteiger partial charge in [0.05, 0.1) is 7.57 Å². The van der Waals surface area contributed by atoms with Crippen LogP contribution >= 0.6 is 43.2 Å². The van der Waals surface area contributed by atoms with Crippen molar-refractivity contribution in [2.24, 2.45) is 0 Å². The molecule has 1 heterocycles. The molecule has 0 saturated heterocycles. The second kappa shape index (κ2) is 5.14. The molecule has 0 aliphatic rings. The quantitative estimate of drug-likeness (QED) is 0.834. The van der Waals surface area contributed by atoms with Crippen molar-refractivity contribution in [3.63, 3.8) is 0 Å². The Kier molecular flexibility index (Phi) is 3.83. The SMILES string of the molecule is Brc1cc(CNc2ccccc2)c(Br)s1. The Morgan fingerprint density at radius 1 is 1.13 bits per heavy atom. The molecule has 0 atom stereocenters. The van der Waals surface area contributed by atoms with Gasteiger partial charge in [0.1, 0.15) is 0 Å². The van der Waals surface area contributed by atoms with Crippen molar-refractivity contribution < 1.29 is 0 Å². The second-order valence-electron chi connectivity index (χ2n) is 3.07. The summed E-state index contributed by atoms with van der Waals surface area (Å²) in [6, 6.07) is 12.3. The van der Waals surface area contributed by atoms with E-state index in [-0.39, 0.29) is 0 Å². The highest BCUT2D eigenvalue weighted by atomic mass is 79.9. The lowest BCUT2D eigenvalue weighted by atomic mass is 10.3. The van der Waals surface area contributed by atoms with Crippen molar-refractivity contribution in [3.8, 4) is 0 Å². The fraction of sp³-hybridized carbons (Fsp3) is 0.0909. The molecule has 0 spiro atoms. The highest BCUT2D eigenvalue weighted by Crippen LogP contribution is 2.32. The zero-order valence-electron chi connectivity index (χ0n) is 7.84. The Labute approximate surface area is 110 Å². The van der Waals surface area contributed by atoms with Crippen LogP contribution in [0.5, 0.6) is 0 Å². The average Bonchev–Trinajstić information content (AvgIpc) is 2.56. The summed E-state index contributed by atoms with van der Waals surface area (Å²) in [5.74, 6) is 0. The van der Waals surface area contributed by atoms with E-state index < -0.39 is 0 Å². The Hall–Kier alpha value is -0.320. The van der Waals surface area contributed by atoms with Gasteiger partial charge in [-0.15, -0.1) is 11.3 Å². The first kappa shape index (κ1) is 11.2. The molecule has 1 N–H and O–H groups in total. The third kappa shape index (κ3) is 3.06. The summed E-state index contributed by atoms with van der Waals surface area (Å²) >= 11 is 8.71. The lowest BCUT2D eigenvalue weighted by Crippen LogP contribution is -1.97. The van der Waals surface area contributed by atoms with Gasteiger partial charge in [0.15, 0.2) is 0 Å². The van der Waals surface area contributed by atoms with E-state index in [0.717, 1.165) is 16.0 Å². The molecule has 1 nitrogen and oxygen atoms in total. The van der Waals surface area contributed by atoms with E-state index in [2.05, 4.69) is 55.4 Å². The van der Waals surface area contributed by atoms with Crippen LogP contribution in [-0.4, -0.2) is 0 Å². The van der Waals surface area contributed by atoms with Gasteiger partial charge >= 0.3 is 0 Å². The molecule has 2 aromatic rings. The van der Waals surface area contributed by atoms with Crippen LogP contribution in [0.2, 0.25) is 0 Å². The van der Waals surface area contributed by atoms with Crippen LogP contribution in [-0.2, 0) is 6.54 Å². The molecule has 0 bridgehead atoms. The smallest absolute Gasteiger partial charge is 0.0760 e. The van der Waals surface area contributed by atoms with Gasteiger partial charge in [-0.3, -0.25) is 0 Å².